The Kier molecular flexibility index (Phi) is 5.53. The second kappa shape index (κ2) is 7.47. The summed E-state index contributed by atoms with van der Waals surface area (Å²) in [6.45, 7) is 1.01. The summed E-state index contributed by atoms with van der Waals surface area (Å²) < 4.78 is 26.6. The van der Waals surface area contributed by atoms with E-state index in [0.29, 0.717) is 25.9 Å². The Morgan fingerprint density at radius 1 is 1.25 bits per heavy atom. The van der Waals surface area contributed by atoms with Crippen molar-refractivity contribution < 1.29 is 18.3 Å². The Hall–Kier alpha value is -1.03. The number of carbonyl (C=O) groups excluding carboxylic acids is 1. The summed E-state index contributed by atoms with van der Waals surface area (Å²) >= 11 is 1.74. The van der Waals surface area contributed by atoms with Gasteiger partial charge in [0.05, 0.1) is 6.10 Å². The molecule has 24 heavy (non-hydrogen) atoms. The molecular weight excluding hydrogens is 350 g/mol. The Morgan fingerprint density at radius 2 is 1.92 bits per heavy atom. The van der Waals surface area contributed by atoms with Crippen LogP contribution in [0.1, 0.15) is 36.2 Å². The molecule has 134 valence electrons. The average Bonchev–Trinajstić information content (AvgIpc) is 3.09. The zero-order valence-corrected chi connectivity index (χ0v) is 15.0. The lowest BCUT2D eigenvalue weighted by atomic mass is 9.93. The highest BCUT2D eigenvalue weighted by molar-refractivity contribution is 7.99. The molecule has 0 aromatic carbocycles. The average molecular weight is 374 g/mol. The number of hydrogen-bond acceptors (Lipinski definition) is 5. The second-order valence-corrected chi connectivity index (χ2v) is 9.41. The zero-order chi connectivity index (χ0) is 17.2. The maximum atomic E-state index is 12.6. The first-order valence-corrected chi connectivity index (χ1v) is 10.8. The number of hydrogen-bond donors (Lipinski definition) is 3. The van der Waals surface area contributed by atoms with Crippen LogP contribution in [0, 0.1) is 0 Å². The monoisotopic (exact) mass is 373 g/mol. The van der Waals surface area contributed by atoms with Crippen molar-refractivity contribution in [3.05, 3.63) is 18.0 Å². The molecule has 9 heteroatoms. The summed E-state index contributed by atoms with van der Waals surface area (Å²) in [6, 6.07) is 1.44. The van der Waals surface area contributed by atoms with E-state index in [1.54, 1.807) is 11.8 Å². The van der Waals surface area contributed by atoms with Crippen LogP contribution in [0.25, 0.3) is 0 Å². The Labute approximate surface area is 146 Å². The van der Waals surface area contributed by atoms with Crippen LogP contribution in [0.3, 0.4) is 0 Å². The number of aliphatic hydroxyl groups excluding tert-OH is 1. The van der Waals surface area contributed by atoms with E-state index in [-0.39, 0.29) is 28.6 Å². The van der Waals surface area contributed by atoms with Crippen molar-refractivity contribution in [1.82, 2.24) is 14.6 Å². The summed E-state index contributed by atoms with van der Waals surface area (Å²) in [5.74, 6) is 1.29. The molecule has 1 amide bonds. The van der Waals surface area contributed by atoms with Crippen LogP contribution < -0.4 is 5.32 Å². The molecule has 2 aliphatic rings. The summed E-state index contributed by atoms with van der Waals surface area (Å²) in [5.41, 5.74) is 0.256. The van der Waals surface area contributed by atoms with Crippen LogP contribution in [0.15, 0.2) is 17.2 Å². The Balaban J connectivity index is 1.65. The normalized spacial score (nSPS) is 26.2. The summed E-state index contributed by atoms with van der Waals surface area (Å²) in [4.78, 5) is 15.2. The Morgan fingerprint density at radius 3 is 2.58 bits per heavy atom. The van der Waals surface area contributed by atoms with Gasteiger partial charge in [-0.3, -0.25) is 4.79 Å². The number of rotatable bonds is 4. The fourth-order valence-corrected chi connectivity index (χ4v) is 5.64. The molecule has 1 aliphatic heterocycles. The predicted octanol–water partition coefficient (Wildman–Crippen LogP) is 0.785. The van der Waals surface area contributed by atoms with Gasteiger partial charge in [0.15, 0.2) is 0 Å². The third-order valence-electron chi connectivity index (χ3n) is 4.54. The number of amides is 1. The summed E-state index contributed by atoms with van der Waals surface area (Å²) in [7, 11) is -3.54. The van der Waals surface area contributed by atoms with E-state index in [0.717, 1.165) is 24.3 Å². The van der Waals surface area contributed by atoms with Crippen LogP contribution >= 0.6 is 11.8 Å². The fourth-order valence-electron chi connectivity index (χ4n) is 3.07. The van der Waals surface area contributed by atoms with Crippen LogP contribution in [-0.4, -0.2) is 65.5 Å². The lowest BCUT2D eigenvalue weighted by Crippen LogP contribution is -2.38. The lowest BCUT2D eigenvalue weighted by Gasteiger charge is -2.26. The number of thioether (sulfide) groups is 1. The van der Waals surface area contributed by atoms with Gasteiger partial charge < -0.3 is 15.4 Å². The summed E-state index contributed by atoms with van der Waals surface area (Å²) in [6.07, 6.45) is 3.96. The first kappa shape index (κ1) is 17.8. The zero-order valence-electron chi connectivity index (χ0n) is 13.4. The highest BCUT2D eigenvalue weighted by Gasteiger charge is 2.28. The molecule has 0 spiro atoms. The second-order valence-electron chi connectivity index (χ2n) is 6.24. The van der Waals surface area contributed by atoms with Crippen LogP contribution in [0.5, 0.6) is 0 Å². The van der Waals surface area contributed by atoms with Crippen molar-refractivity contribution in [1.29, 1.82) is 0 Å². The third-order valence-corrected chi connectivity index (χ3v) is 7.36. The van der Waals surface area contributed by atoms with Gasteiger partial charge in [-0.25, -0.2) is 8.42 Å². The van der Waals surface area contributed by atoms with E-state index >= 15 is 0 Å². The van der Waals surface area contributed by atoms with E-state index in [1.165, 1.54) is 16.6 Å². The molecule has 1 aromatic heterocycles. The number of sulfonamides is 1. The molecule has 1 aromatic rings. The van der Waals surface area contributed by atoms with Gasteiger partial charge in [-0.15, -0.1) is 0 Å². The van der Waals surface area contributed by atoms with Crippen LogP contribution in [0.2, 0.25) is 0 Å². The minimum atomic E-state index is -3.54. The largest absolute Gasteiger partial charge is 0.393 e. The Bertz CT molecular complexity index is 675. The number of H-pyrrole nitrogens is 1. The van der Waals surface area contributed by atoms with E-state index in [9.17, 15) is 18.3 Å². The maximum Gasteiger partial charge on any atom is 0.267 e. The SMILES string of the molecule is O=C(NC1CCC(O)CC1)c1cc(S(=O)(=O)N2CCSCC2)c[nH]1. The molecular formula is C15H23N3O4S2. The fraction of sp³-hybridized carbons (Fsp3) is 0.667. The van der Waals surface area contributed by atoms with Crippen molar-refractivity contribution in [2.75, 3.05) is 24.6 Å². The van der Waals surface area contributed by atoms with Crippen LogP contribution in [-0.2, 0) is 10.0 Å². The van der Waals surface area contributed by atoms with Gasteiger partial charge >= 0.3 is 0 Å². The predicted molar refractivity (Wildman–Crippen MR) is 92.6 cm³/mol. The molecule has 1 saturated heterocycles. The molecule has 1 saturated carbocycles. The lowest BCUT2D eigenvalue weighted by molar-refractivity contribution is 0.0863. The van der Waals surface area contributed by atoms with Gasteiger partial charge in [0, 0.05) is 36.8 Å². The molecule has 1 aliphatic carbocycles. The van der Waals surface area contributed by atoms with Gasteiger partial charge in [-0.1, -0.05) is 0 Å². The number of nitrogens with zero attached hydrogens (tertiary/aromatic N) is 1. The van der Waals surface area contributed by atoms with Crippen molar-refractivity contribution in [2.24, 2.45) is 0 Å². The van der Waals surface area contributed by atoms with E-state index in [1.807, 2.05) is 0 Å². The third kappa shape index (κ3) is 3.96. The molecule has 2 fully saturated rings. The smallest absolute Gasteiger partial charge is 0.267 e. The van der Waals surface area contributed by atoms with E-state index < -0.39 is 10.0 Å². The molecule has 7 nitrogen and oxygen atoms in total. The molecule has 3 N–H and O–H groups in total. The number of aliphatic hydroxyl groups is 1. The van der Waals surface area contributed by atoms with Gasteiger partial charge in [-0.05, 0) is 31.7 Å². The first-order valence-electron chi connectivity index (χ1n) is 8.22. The molecule has 2 heterocycles. The van der Waals surface area contributed by atoms with Gasteiger partial charge in [-0.2, -0.15) is 16.1 Å². The number of aromatic amines is 1. The topological polar surface area (TPSA) is 102 Å². The van der Waals surface area contributed by atoms with Crippen molar-refractivity contribution in [3.8, 4) is 0 Å². The maximum absolute atomic E-state index is 12.6. The number of nitrogens with one attached hydrogen (secondary N) is 2. The molecule has 3 rings (SSSR count). The van der Waals surface area contributed by atoms with Gasteiger partial charge in [0.25, 0.3) is 5.91 Å². The van der Waals surface area contributed by atoms with E-state index in [2.05, 4.69) is 10.3 Å². The van der Waals surface area contributed by atoms with Crippen LogP contribution in [0.4, 0.5) is 0 Å². The quantitative estimate of drug-likeness (QED) is 0.724. The number of aromatic nitrogens is 1. The minimum Gasteiger partial charge on any atom is -0.393 e. The van der Waals surface area contributed by atoms with Gasteiger partial charge in [0.2, 0.25) is 10.0 Å². The van der Waals surface area contributed by atoms with Crippen molar-refractivity contribution in [3.63, 3.8) is 0 Å². The molecule has 0 unspecified atom stereocenters. The standard InChI is InChI=1S/C15H23N3O4S2/c19-12-3-1-11(2-4-12)17-15(20)14-9-13(10-16-14)24(21,22)18-5-7-23-8-6-18/h9-12,16,19H,1-8H2,(H,17,20). The molecule has 0 bridgehead atoms. The van der Waals surface area contributed by atoms with Crippen molar-refractivity contribution >= 4 is 27.7 Å². The number of carbonyl (C=O) groups is 1. The van der Waals surface area contributed by atoms with Gasteiger partial charge in [0.1, 0.15) is 10.6 Å². The van der Waals surface area contributed by atoms with E-state index in [4.69, 9.17) is 0 Å². The highest BCUT2D eigenvalue weighted by atomic mass is 32.2. The van der Waals surface area contributed by atoms with Crippen molar-refractivity contribution in [2.45, 2.75) is 42.7 Å². The highest BCUT2D eigenvalue weighted by Crippen LogP contribution is 2.22. The summed E-state index contributed by atoms with van der Waals surface area (Å²) in [5, 5.41) is 12.4. The molecule has 0 radical (unpaired) electrons. The minimum absolute atomic E-state index is 0.0309. The first-order chi connectivity index (χ1) is 11.5. The molecule has 0 atom stereocenters.